The average molecular weight is 277 g/mol. The van der Waals surface area contributed by atoms with Gasteiger partial charge in [-0.2, -0.15) is 0 Å². The van der Waals surface area contributed by atoms with E-state index in [1.807, 2.05) is 0 Å². The van der Waals surface area contributed by atoms with Crippen molar-refractivity contribution in [2.75, 3.05) is 6.61 Å². The second kappa shape index (κ2) is 6.15. The van der Waals surface area contributed by atoms with Gasteiger partial charge >= 0.3 is 0 Å². The molecule has 112 valence electrons. The summed E-state index contributed by atoms with van der Waals surface area (Å²) in [4.78, 5) is 0. The van der Waals surface area contributed by atoms with Crippen molar-refractivity contribution in [2.45, 2.75) is 64.6 Å². The maximum Gasteiger partial charge on any atom is 0.122 e. The number of aliphatic hydroxyl groups excluding tert-OH is 1. The quantitative estimate of drug-likeness (QED) is 0.869. The van der Waals surface area contributed by atoms with Gasteiger partial charge in [0.05, 0.1) is 6.61 Å². The van der Waals surface area contributed by atoms with Gasteiger partial charge in [-0.25, -0.2) is 0 Å². The summed E-state index contributed by atoms with van der Waals surface area (Å²) in [6, 6.07) is 6.69. The van der Waals surface area contributed by atoms with Crippen molar-refractivity contribution in [2.24, 2.45) is 0 Å². The minimum Gasteiger partial charge on any atom is -0.490 e. The second-order valence-corrected chi connectivity index (χ2v) is 6.49. The molecule has 20 heavy (non-hydrogen) atoms. The Balaban J connectivity index is 2.04. The summed E-state index contributed by atoms with van der Waals surface area (Å²) < 4.78 is 6.17. The summed E-state index contributed by atoms with van der Waals surface area (Å²) in [5.41, 5.74) is 2.22. The Morgan fingerprint density at radius 2 is 2.15 bits per heavy atom. The maximum absolute atomic E-state index is 9.73. The van der Waals surface area contributed by atoms with Crippen LogP contribution in [-0.2, 0) is 0 Å². The third kappa shape index (κ3) is 3.53. The topological polar surface area (TPSA) is 41.5 Å². The summed E-state index contributed by atoms with van der Waals surface area (Å²) in [7, 11) is 0. The van der Waals surface area contributed by atoms with E-state index in [-0.39, 0.29) is 18.2 Å². The average Bonchev–Trinajstić information content (AvgIpc) is 2.77. The van der Waals surface area contributed by atoms with E-state index in [1.165, 1.54) is 11.1 Å². The van der Waals surface area contributed by atoms with Crippen LogP contribution in [0.4, 0.5) is 0 Å². The van der Waals surface area contributed by atoms with Gasteiger partial charge in [0.25, 0.3) is 0 Å². The predicted octanol–water partition coefficient (Wildman–Crippen LogP) is 2.96. The molecule has 2 unspecified atom stereocenters. The fraction of sp³-hybridized carbons (Fsp3) is 0.647. The first kappa shape index (κ1) is 15.3. The fourth-order valence-corrected chi connectivity index (χ4v) is 3.12. The molecule has 2 rings (SSSR count). The van der Waals surface area contributed by atoms with Crippen LogP contribution in [0.5, 0.6) is 5.75 Å². The lowest BCUT2D eigenvalue weighted by Gasteiger charge is -2.31. The number of nitrogens with one attached hydrogen (secondary N) is 1. The fourth-order valence-electron chi connectivity index (χ4n) is 3.12. The molecule has 0 heterocycles. The molecule has 0 aliphatic heterocycles. The molecule has 3 nitrogen and oxygen atoms in total. The Labute approximate surface area is 122 Å². The van der Waals surface area contributed by atoms with Crippen molar-refractivity contribution in [1.29, 1.82) is 0 Å². The van der Waals surface area contributed by atoms with Crippen molar-refractivity contribution < 1.29 is 9.84 Å². The molecule has 1 saturated carbocycles. The summed E-state index contributed by atoms with van der Waals surface area (Å²) >= 11 is 0. The molecule has 0 radical (unpaired) electrons. The van der Waals surface area contributed by atoms with Crippen LogP contribution in [0.2, 0.25) is 0 Å². The highest BCUT2D eigenvalue weighted by Crippen LogP contribution is 2.34. The van der Waals surface area contributed by atoms with Gasteiger partial charge < -0.3 is 15.2 Å². The van der Waals surface area contributed by atoms with Gasteiger partial charge in [-0.05, 0) is 43.9 Å². The molecule has 1 aliphatic rings. The Bertz CT molecular complexity index is 458. The molecular formula is C17H27NO2. The van der Waals surface area contributed by atoms with E-state index in [4.69, 9.17) is 4.74 Å². The zero-order valence-corrected chi connectivity index (χ0v) is 13.1. The van der Waals surface area contributed by atoms with Crippen molar-refractivity contribution in [3.05, 3.63) is 29.3 Å². The normalized spacial score (nSPS) is 26.2. The van der Waals surface area contributed by atoms with Crippen LogP contribution in [0.25, 0.3) is 0 Å². The van der Waals surface area contributed by atoms with Gasteiger partial charge in [0.15, 0.2) is 0 Å². The lowest BCUT2D eigenvalue weighted by Crippen LogP contribution is -2.50. The number of hydrogen-bond donors (Lipinski definition) is 2. The van der Waals surface area contributed by atoms with E-state index in [1.54, 1.807) is 0 Å². The molecule has 0 amide bonds. The lowest BCUT2D eigenvalue weighted by molar-refractivity contribution is 0.133. The van der Waals surface area contributed by atoms with Crippen LogP contribution < -0.4 is 10.1 Å². The minimum absolute atomic E-state index is 0.170. The number of benzene rings is 1. The number of aliphatic hydroxyl groups is 1. The first-order valence-corrected chi connectivity index (χ1v) is 7.56. The molecule has 0 bridgehead atoms. The zero-order chi connectivity index (χ0) is 14.8. The van der Waals surface area contributed by atoms with Crippen LogP contribution in [0.3, 0.4) is 0 Å². The third-order valence-electron chi connectivity index (χ3n) is 4.10. The van der Waals surface area contributed by atoms with Crippen molar-refractivity contribution >= 4 is 0 Å². The second-order valence-electron chi connectivity index (χ2n) is 6.49. The van der Waals surface area contributed by atoms with Crippen LogP contribution >= 0.6 is 0 Å². The molecule has 1 aliphatic carbocycles. The highest BCUT2D eigenvalue weighted by molar-refractivity contribution is 5.36. The summed E-state index contributed by atoms with van der Waals surface area (Å²) in [5.74, 6) is 0.980. The van der Waals surface area contributed by atoms with Crippen LogP contribution in [0.15, 0.2) is 18.2 Å². The van der Waals surface area contributed by atoms with Gasteiger partial charge in [-0.1, -0.05) is 26.0 Å². The van der Waals surface area contributed by atoms with E-state index in [0.29, 0.717) is 6.04 Å². The number of aryl methyl sites for hydroxylation is 2. The first-order valence-electron chi connectivity index (χ1n) is 7.56. The summed E-state index contributed by atoms with van der Waals surface area (Å²) in [6.45, 7) is 8.58. The van der Waals surface area contributed by atoms with Gasteiger partial charge in [0.2, 0.25) is 0 Å². The number of rotatable bonds is 5. The Morgan fingerprint density at radius 1 is 1.40 bits per heavy atom. The standard InChI is InChI=1S/C17H27NO2/c1-12(2)18-17(11-19)8-7-15(10-17)20-16-9-13(3)5-6-14(16)4/h5-6,9,12,15,18-19H,7-8,10-11H2,1-4H3. The van der Waals surface area contributed by atoms with E-state index >= 15 is 0 Å². The SMILES string of the molecule is Cc1ccc(C)c(OC2CCC(CO)(NC(C)C)C2)c1. The Kier molecular flexibility index (Phi) is 4.71. The van der Waals surface area contributed by atoms with Gasteiger partial charge in [0, 0.05) is 18.0 Å². The molecule has 0 saturated heterocycles. The third-order valence-corrected chi connectivity index (χ3v) is 4.10. The van der Waals surface area contributed by atoms with Crippen molar-refractivity contribution in [1.82, 2.24) is 5.32 Å². The van der Waals surface area contributed by atoms with E-state index in [9.17, 15) is 5.11 Å². The van der Waals surface area contributed by atoms with Crippen LogP contribution in [0, 0.1) is 13.8 Å². The minimum atomic E-state index is -0.170. The summed E-state index contributed by atoms with van der Waals surface area (Å²) in [6.07, 6.45) is 3.02. The van der Waals surface area contributed by atoms with E-state index in [0.717, 1.165) is 25.0 Å². The monoisotopic (exact) mass is 277 g/mol. The van der Waals surface area contributed by atoms with Crippen molar-refractivity contribution in [3.8, 4) is 5.75 Å². The Morgan fingerprint density at radius 3 is 2.80 bits per heavy atom. The maximum atomic E-state index is 9.73. The largest absolute Gasteiger partial charge is 0.490 e. The van der Waals surface area contributed by atoms with Crippen LogP contribution in [0.1, 0.15) is 44.2 Å². The number of hydrogen-bond acceptors (Lipinski definition) is 3. The zero-order valence-electron chi connectivity index (χ0n) is 13.1. The van der Waals surface area contributed by atoms with E-state index in [2.05, 4.69) is 51.2 Å². The summed E-state index contributed by atoms with van der Waals surface area (Å²) in [5, 5.41) is 13.2. The molecule has 2 N–H and O–H groups in total. The smallest absolute Gasteiger partial charge is 0.122 e. The molecule has 0 aromatic heterocycles. The molecule has 1 aromatic rings. The molecule has 0 spiro atoms. The molecule has 1 aromatic carbocycles. The highest BCUT2D eigenvalue weighted by Gasteiger charge is 2.40. The predicted molar refractivity (Wildman–Crippen MR) is 82.3 cm³/mol. The van der Waals surface area contributed by atoms with Crippen LogP contribution in [-0.4, -0.2) is 29.4 Å². The van der Waals surface area contributed by atoms with Gasteiger partial charge in [0.1, 0.15) is 11.9 Å². The molecule has 1 fully saturated rings. The molecular weight excluding hydrogens is 250 g/mol. The number of ether oxygens (including phenoxy) is 1. The Hall–Kier alpha value is -1.06. The van der Waals surface area contributed by atoms with E-state index < -0.39 is 0 Å². The first-order chi connectivity index (χ1) is 9.44. The lowest BCUT2D eigenvalue weighted by atomic mass is 9.97. The van der Waals surface area contributed by atoms with Gasteiger partial charge in [-0.15, -0.1) is 0 Å². The van der Waals surface area contributed by atoms with Gasteiger partial charge in [-0.3, -0.25) is 0 Å². The molecule has 3 heteroatoms. The van der Waals surface area contributed by atoms with Crippen molar-refractivity contribution in [3.63, 3.8) is 0 Å². The highest BCUT2D eigenvalue weighted by atomic mass is 16.5. The molecule has 2 atom stereocenters.